The average Bonchev–Trinajstić information content (AvgIpc) is 2.80. The van der Waals surface area contributed by atoms with Gasteiger partial charge in [-0.15, -0.1) is 0 Å². The summed E-state index contributed by atoms with van der Waals surface area (Å²) in [5.74, 6) is -0.138. The van der Waals surface area contributed by atoms with Crippen molar-refractivity contribution in [3.63, 3.8) is 0 Å². The summed E-state index contributed by atoms with van der Waals surface area (Å²) < 4.78 is 0. The fourth-order valence-electron chi connectivity index (χ4n) is 3.66. The number of anilines is 2. The molecule has 4 rings (SSSR count). The Hall–Kier alpha value is -3.66. The first-order valence-corrected chi connectivity index (χ1v) is 10.3. The fraction of sp³-hybridized carbons (Fsp3) is 0.154. The molecule has 0 unspecified atom stereocenters. The van der Waals surface area contributed by atoms with Crippen LogP contribution in [0.5, 0.6) is 0 Å². The van der Waals surface area contributed by atoms with Gasteiger partial charge in [-0.25, -0.2) is 4.98 Å². The number of hydrogen-bond donors (Lipinski definition) is 1. The van der Waals surface area contributed by atoms with Crippen LogP contribution in [0.2, 0.25) is 0 Å². The summed E-state index contributed by atoms with van der Waals surface area (Å²) in [5, 5.41) is 3.89. The molecule has 0 aliphatic heterocycles. The van der Waals surface area contributed by atoms with E-state index in [1.54, 1.807) is 0 Å². The molecule has 150 valence electrons. The lowest BCUT2D eigenvalue weighted by atomic mass is 10.0. The van der Waals surface area contributed by atoms with Crippen LogP contribution >= 0.6 is 0 Å². The summed E-state index contributed by atoms with van der Waals surface area (Å²) in [4.78, 5) is 20.2. The number of fused-ring (bicyclic) bond motifs is 1. The Morgan fingerprint density at radius 3 is 2.23 bits per heavy atom. The first kappa shape index (κ1) is 19.6. The third kappa shape index (κ3) is 4.03. The van der Waals surface area contributed by atoms with Crippen molar-refractivity contribution in [2.45, 2.75) is 13.8 Å². The molecule has 4 heteroatoms. The average molecular weight is 396 g/mol. The van der Waals surface area contributed by atoms with E-state index in [1.165, 1.54) is 0 Å². The summed E-state index contributed by atoms with van der Waals surface area (Å²) in [6.45, 7) is 6.18. The quantitative estimate of drug-likeness (QED) is 0.435. The molecule has 4 nitrogen and oxygen atoms in total. The number of amides is 1. The topological polar surface area (TPSA) is 45.2 Å². The van der Waals surface area contributed by atoms with E-state index in [2.05, 4.69) is 24.1 Å². The summed E-state index contributed by atoms with van der Waals surface area (Å²) in [6.07, 6.45) is 0. The Morgan fingerprint density at radius 2 is 1.53 bits per heavy atom. The number of carbonyl (C=O) groups is 1. The zero-order valence-corrected chi connectivity index (χ0v) is 17.3. The molecule has 0 saturated carbocycles. The molecule has 0 radical (unpaired) electrons. The van der Waals surface area contributed by atoms with Crippen LogP contribution in [-0.4, -0.2) is 24.0 Å². The lowest BCUT2D eigenvalue weighted by Gasteiger charge is -2.21. The second kappa shape index (κ2) is 8.78. The molecule has 4 aromatic rings. The zero-order chi connectivity index (χ0) is 20.9. The molecule has 1 heterocycles. The number of nitrogens with zero attached hydrogens (tertiary/aromatic N) is 2. The third-order valence-corrected chi connectivity index (χ3v) is 5.28. The maximum Gasteiger partial charge on any atom is 0.256 e. The number of carbonyl (C=O) groups excluding carboxylic acids is 1. The molecule has 0 spiro atoms. The minimum atomic E-state index is -0.138. The van der Waals surface area contributed by atoms with Gasteiger partial charge in [0.2, 0.25) is 0 Å². The van der Waals surface area contributed by atoms with Crippen LogP contribution in [0, 0.1) is 0 Å². The van der Waals surface area contributed by atoms with Gasteiger partial charge in [0.25, 0.3) is 5.91 Å². The summed E-state index contributed by atoms with van der Waals surface area (Å²) in [7, 11) is 0. The normalized spacial score (nSPS) is 10.7. The van der Waals surface area contributed by atoms with Gasteiger partial charge in [0.05, 0.1) is 16.8 Å². The van der Waals surface area contributed by atoms with E-state index in [1.807, 2.05) is 84.9 Å². The van der Waals surface area contributed by atoms with Crippen LogP contribution in [0.1, 0.15) is 24.2 Å². The van der Waals surface area contributed by atoms with Crippen LogP contribution in [0.3, 0.4) is 0 Å². The zero-order valence-electron chi connectivity index (χ0n) is 17.3. The van der Waals surface area contributed by atoms with Gasteiger partial charge < -0.3 is 10.2 Å². The maximum atomic E-state index is 13.2. The fourth-order valence-corrected chi connectivity index (χ4v) is 3.66. The molecule has 3 aromatic carbocycles. The molecule has 1 aromatic heterocycles. The monoisotopic (exact) mass is 395 g/mol. The number of rotatable bonds is 6. The van der Waals surface area contributed by atoms with Gasteiger partial charge in [-0.2, -0.15) is 0 Å². The van der Waals surface area contributed by atoms with Crippen LogP contribution in [-0.2, 0) is 0 Å². The number of nitrogens with one attached hydrogen (secondary N) is 1. The number of pyridine rings is 1. The van der Waals surface area contributed by atoms with Crippen molar-refractivity contribution in [1.29, 1.82) is 0 Å². The van der Waals surface area contributed by atoms with Crippen LogP contribution in [0.15, 0.2) is 84.9 Å². The predicted molar refractivity (Wildman–Crippen MR) is 125 cm³/mol. The van der Waals surface area contributed by atoms with Crippen molar-refractivity contribution < 1.29 is 4.79 Å². The molecule has 1 amide bonds. The highest BCUT2D eigenvalue weighted by Crippen LogP contribution is 2.26. The molecule has 0 fully saturated rings. The summed E-state index contributed by atoms with van der Waals surface area (Å²) in [5.41, 5.74) is 5.13. The molecule has 0 aliphatic carbocycles. The minimum Gasteiger partial charge on any atom is -0.372 e. The summed E-state index contributed by atoms with van der Waals surface area (Å²) in [6, 6.07) is 27.6. The largest absolute Gasteiger partial charge is 0.372 e. The molecule has 0 saturated heterocycles. The van der Waals surface area contributed by atoms with E-state index < -0.39 is 0 Å². The van der Waals surface area contributed by atoms with Gasteiger partial charge >= 0.3 is 0 Å². The smallest absolute Gasteiger partial charge is 0.256 e. The second-order valence-electron chi connectivity index (χ2n) is 7.11. The van der Waals surface area contributed by atoms with Gasteiger partial charge in [-0.1, -0.05) is 48.5 Å². The van der Waals surface area contributed by atoms with E-state index >= 15 is 0 Å². The van der Waals surface area contributed by atoms with Crippen LogP contribution in [0.25, 0.3) is 22.2 Å². The highest BCUT2D eigenvalue weighted by Gasteiger charge is 2.14. The first-order valence-electron chi connectivity index (χ1n) is 10.3. The Morgan fingerprint density at radius 1 is 0.867 bits per heavy atom. The summed E-state index contributed by atoms with van der Waals surface area (Å²) >= 11 is 0. The standard InChI is InChI=1S/C26H25N3O/c1-3-29(4-2)21-16-14-20(15-17-21)27-26(30)23-18-25(19-10-6-5-7-11-19)28-24-13-9-8-12-22(23)24/h5-18H,3-4H2,1-2H3,(H,27,30). The lowest BCUT2D eigenvalue weighted by Crippen LogP contribution is -2.21. The Labute approximate surface area is 177 Å². The number of benzene rings is 3. The molecular formula is C26H25N3O. The van der Waals surface area contributed by atoms with Crippen LogP contribution < -0.4 is 10.2 Å². The lowest BCUT2D eigenvalue weighted by molar-refractivity contribution is 0.102. The SMILES string of the molecule is CCN(CC)c1ccc(NC(=O)c2cc(-c3ccccc3)nc3ccccc23)cc1. The molecule has 30 heavy (non-hydrogen) atoms. The van der Waals surface area contributed by atoms with E-state index in [4.69, 9.17) is 4.98 Å². The van der Waals surface area contributed by atoms with Gasteiger partial charge in [0.1, 0.15) is 0 Å². The van der Waals surface area contributed by atoms with Crippen molar-refractivity contribution in [3.05, 3.63) is 90.5 Å². The molecule has 0 aliphatic rings. The van der Waals surface area contributed by atoms with Gasteiger partial charge in [0.15, 0.2) is 0 Å². The second-order valence-corrected chi connectivity index (χ2v) is 7.11. The highest BCUT2D eigenvalue weighted by atomic mass is 16.1. The van der Waals surface area contributed by atoms with Crippen LogP contribution in [0.4, 0.5) is 11.4 Å². The Kier molecular flexibility index (Phi) is 5.75. The predicted octanol–water partition coefficient (Wildman–Crippen LogP) is 6.00. The highest BCUT2D eigenvalue weighted by molar-refractivity contribution is 6.13. The molecule has 0 bridgehead atoms. The van der Waals surface area contributed by atoms with Crippen molar-refractivity contribution in [3.8, 4) is 11.3 Å². The van der Waals surface area contributed by atoms with E-state index in [-0.39, 0.29) is 5.91 Å². The van der Waals surface area contributed by atoms with Crippen molar-refractivity contribution in [1.82, 2.24) is 4.98 Å². The first-order chi connectivity index (χ1) is 14.7. The van der Waals surface area contributed by atoms with E-state index in [0.29, 0.717) is 5.56 Å². The van der Waals surface area contributed by atoms with Gasteiger partial charge in [-0.3, -0.25) is 4.79 Å². The molecule has 1 N–H and O–H groups in total. The number of para-hydroxylation sites is 1. The van der Waals surface area contributed by atoms with E-state index in [0.717, 1.165) is 46.6 Å². The Bertz CT molecular complexity index is 1150. The minimum absolute atomic E-state index is 0.138. The van der Waals surface area contributed by atoms with Crippen molar-refractivity contribution in [2.24, 2.45) is 0 Å². The van der Waals surface area contributed by atoms with Gasteiger partial charge in [-0.05, 0) is 50.2 Å². The molecule has 0 atom stereocenters. The van der Waals surface area contributed by atoms with Crippen molar-refractivity contribution in [2.75, 3.05) is 23.3 Å². The number of hydrogen-bond acceptors (Lipinski definition) is 3. The number of aromatic nitrogens is 1. The van der Waals surface area contributed by atoms with Crippen molar-refractivity contribution >= 4 is 28.2 Å². The Balaban J connectivity index is 1.67. The third-order valence-electron chi connectivity index (χ3n) is 5.28. The van der Waals surface area contributed by atoms with Gasteiger partial charge in [0, 0.05) is 35.4 Å². The van der Waals surface area contributed by atoms with E-state index in [9.17, 15) is 4.79 Å². The molecular weight excluding hydrogens is 370 g/mol. The maximum absolute atomic E-state index is 13.2.